The normalized spacial score (nSPS) is 11.0. The number of nitrogens with one attached hydrogen (secondary N) is 2. The van der Waals surface area contributed by atoms with Crippen LogP contribution in [0.2, 0.25) is 5.02 Å². The minimum Gasteiger partial charge on any atom is -0.323 e. The van der Waals surface area contributed by atoms with Crippen molar-refractivity contribution < 1.29 is 0 Å². The Morgan fingerprint density at radius 1 is 1.04 bits per heavy atom. The molecule has 0 aliphatic rings. The molecule has 2 aromatic carbocycles. The predicted molar refractivity (Wildman–Crippen MR) is 106 cm³/mol. The number of aromatic nitrogens is 4. The molecule has 0 aliphatic heterocycles. The fourth-order valence-electron chi connectivity index (χ4n) is 2.59. The van der Waals surface area contributed by atoms with Crippen LogP contribution in [-0.4, -0.2) is 20.2 Å². The molecule has 5 nitrogen and oxygen atoms in total. The number of H-pyrrole nitrogens is 1. The lowest BCUT2D eigenvalue weighted by molar-refractivity contribution is 1.00. The average Bonchev–Trinajstić information content (AvgIpc) is 3.02. The van der Waals surface area contributed by atoms with E-state index in [0.29, 0.717) is 16.0 Å². The van der Waals surface area contributed by atoms with Gasteiger partial charge in [0.05, 0.1) is 10.5 Å². The van der Waals surface area contributed by atoms with Crippen LogP contribution < -0.4 is 5.32 Å². The molecule has 0 saturated carbocycles. The number of aryl methyl sites for hydroxylation is 2. The quantitative estimate of drug-likeness (QED) is 0.456. The van der Waals surface area contributed by atoms with Crippen molar-refractivity contribution in [1.82, 2.24) is 20.2 Å². The number of rotatable bonds is 4. The van der Waals surface area contributed by atoms with Crippen LogP contribution in [-0.2, 0) is 0 Å². The monoisotopic (exact) mass is 381 g/mol. The molecule has 4 rings (SSSR count). The summed E-state index contributed by atoms with van der Waals surface area (Å²) in [4.78, 5) is 10.3. The van der Waals surface area contributed by atoms with Gasteiger partial charge in [0.2, 0.25) is 0 Å². The molecule has 0 fully saturated rings. The summed E-state index contributed by atoms with van der Waals surface area (Å²) in [5.74, 6) is 1.43. The second-order valence-corrected chi connectivity index (χ2v) is 7.39. The van der Waals surface area contributed by atoms with Gasteiger partial charge in [0.25, 0.3) is 0 Å². The van der Waals surface area contributed by atoms with Crippen LogP contribution in [0.3, 0.4) is 0 Å². The zero-order valence-electron chi connectivity index (χ0n) is 14.2. The first-order valence-electron chi connectivity index (χ1n) is 8.08. The highest BCUT2D eigenvalue weighted by atomic mass is 35.5. The molecule has 0 bridgehead atoms. The van der Waals surface area contributed by atoms with Crippen LogP contribution in [0.25, 0.3) is 10.9 Å². The zero-order chi connectivity index (χ0) is 18.1. The van der Waals surface area contributed by atoms with Crippen LogP contribution in [0.4, 0.5) is 11.6 Å². The van der Waals surface area contributed by atoms with Crippen molar-refractivity contribution in [3.8, 4) is 0 Å². The third-order valence-electron chi connectivity index (χ3n) is 3.82. The molecule has 0 spiro atoms. The third-order valence-corrected chi connectivity index (χ3v) is 5.19. The van der Waals surface area contributed by atoms with E-state index in [9.17, 15) is 0 Å². The molecule has 0 amide bonds. The molecule has 2 N–H and O–H groups in total. The Morgan fingerprint density at radius 3 is 2.65 bits per heavy atom. The molecule has 4 aromatic rings. The summed E-state index contributed by atoms with van der Waals surface area (Å²) in [5.41, 5.74) is 2.96. The standard InChI is InChI=1S/C19H16ClN5S/c1-11-7-8-16(14(20)9-11)26-19-21-15-6-4-3-5-13(15)18(23-19)22-17-10-12(2)24-25-17/h3-10H,1-2H3,(H2,21,22,23,24,25). The Labute approximate surface area is 160 Å². The highest BCUT2D eigenvalue weighted by Gasteiger charge is 2.12. The smallest absolute Gasteiger partial charge is 0.195 e. The van der Waals surface area contributed by atoms with Crippen LogP contribution >= 0.6 is 23.4 Å². The molecule has 0 radical (unpaired) electrons. The second kappa shape index (κ2) is 6.97. The van der Waals surface area contributed by atoms with E-state index >= 15 is 0 Å². The van der Waals surface area contributed by atoms with E-state index in [1.165, 1.54) is 11.8 Å². The van der Waals surface area contributed by atoms with E-state index in [1.54, 1.807) is 0 Å². The second-order valence-electron chi connectivity index (χ2n) is 5.97. The van der Waals surface area contributed by atoms with Crippen molar-refractivity contribution in [2.24, 2.45) is 0 Å². The molecule has 0 aliphatic carbocycles. The first kappa shape index (κ1) is 16.9. The maximum Gasteiger partial charge on any atom is 0.195 e. The Morgan fingerprint density at radius 2 is 1.88 bits per heavy atom. The number of nitrogens with zero attached hydrogens (tertiary/aromatic N) is 3. The number of hydrogen-bond donors (Lipinski definition) is 2. The van der Waals surface area contributed by atoms with E-state index in [0.717, 1.165) is 32.9 Å². The average molecular weight is 382 g/mol. The van der Waals surface area contributed by atoms with E-state index in [4.69, 9.17) is 16.6 Å². The van der Waals surface area contributed by atoms with Gasteiger partial charge in [0.1, 0.15) is 5.82 Å². The van der Waals surface area contributed by atoms with E-state index < -0.39 is 0 Å². The van der Waals surface area contributed by atoms with Gasteiger partial charge in [-0.3, -0.25) is 5.10 Å². The maximum absolute atomic E-state index is 6.36. The number of para-hydroxylation sites is 1. The lowest BCUT2D eigenvalue weighted by Gasteiger charge is -2.10. The van der Waals surface area contributed by atoms with Gasteiger partial charge in [-0.25, -0.2) is 9.97 Å². The highest BCUT2D eigenvalue weighted by Crippen LogP contribution is 2.34. The lowest BCUT2D eigenvalue weighted by Crippen LogP contribution is -1.99. The van der Waals surface area contributed by atoms with E-state index in [1.807, 2.05) is 62.4 Å². The van der Waals surface area contributed by atoms with E-state index in [2.05, 4.69) is 20.5 Å². The van der Waals surface area contributed by atoms with Gasteiger partial charge in [0, 0.05) is 22.0 Å². The maximum atomic E-state index is 6.36. The van der Waals surface area contributed by atoms with Gasteiger partial charge in [-0.1, -0.05) is 29.8 Å². The van der Waals surface area contributed by atoms with Gasteiger partial charge in [-0.15, -0.1) is 0 Å². The SMILES string of the molecule is Cc1ccc(Sc2nc(Nc3cc(C)[nH]n3)c3ccccc3n2)c(Cl)c1. The number of anilines is 2. The van der Waals surface area contributed by atoms with Crippen molar-refractivity contribution in [2.75, 3.05) is 5.32 Å². The highest BCUT2D eigenvalue weighted by molar-refractivity contribution is 7.99. The predicted octanol–water partition coefficient (Wildman–Crippen LogP) is 5.52. The topological polar surface area (TPSA) is 66.5 Å². The molecule has 2 aromatic heterocycles. The van der Waals surface area contributed by atoms with Crippen LogP contribution in [0.1, 0.15) is 11.3 Å². The summed E-state index contributed by atoms with van der Waals surface area (Å²) in [5, 5.41) is 12.7. The van der Waals surface area contributed by atoms with E-state index in [-0.39, 0.29) is 0 Å². The molecule has 0 unspecified atom stereocenters. The Balaban J connectivity index is 1.75. The van der Waals surface area contributed by atoms with Crippen LogP contribution in [0.5, 0.6) is 0 Å². The van der Waals surface area contributed by atoms with Gasteiger partial charge in [0.15, 0.2) is 11.0 Å². The fourth-order valence-corrected chi connectivity index (χ4v) is 3.71. The van der Waals surface area contributed by atoms with Gasteiger partial charge >= 0.3 is 0 Å². The third kappa shape index (κ3) is 3.52. The Bertz CT molecular complexity index is 1090. The molecule has 0 saturated heterocycles. The van der Waals surface area contributed by atoms with Crippen LogP contribution in [0, 0.1) is 13.8 Å². The Hall–Kier alpha value is -2.57. The summed E-state index contributed by atoms with van der Waals surface area (Å²) in [6, 6.07) is 15.8. The minimum atomic E-state index is 0.629. The molecular weight excluding hydrogens is 366 g/mol. The summed E-state index contributed by atoms with van der Waals surface area (Å²) < 4.78 is 0. The first-order chi connectivity index (χ1) is 12.6. The summed E-state index contributed by atoms with van der Waals surface area (Å²) >= 11 is 7.81. The first-order valence-corrected chi connectivity index (χ1v) is 9.28. The summed E-state index contributed by atoms with van der Waals surface area (Å²) in [6.45, 7) is 3.97. The summed E-state index contributed by atoms with van der Waals surface area (Å²) in [6.07, 6.45) is 0. The molecule has 0 atom stereocenters. The van der Waals surface area contributed by atoms with Gasteiger partial charge in [-0.05, 0) is 55.4 Å². The molecule has 26 heavy (non-hydrogen) atoms. The summed E-state index contributed by atoms with van der Waals surface area (Å²) in [7, 11) is 0. The van der Waals surface area contributed by atoms with Crippen molar-refractivity contribution in [3.63, 3.8) is 0 Å². The number of halogens is 1. The largest absolute Gasteiger partial charge is 0.323 e. The fraction of sp³-hybridized carbons (Fsp3) is 0.105. The number of aromatic amines is 1. The Kier molecular flexibility index (Phi) is 4.53. The molecule has 130 valence electrons. The number of benzene rings is 2. The minimum absolute atomic E-state index is 0.629. The zero-order valence-corrected chi connectivity index (χ0v) is 15.8. The lowest BCUT2D eigenvalue weighted by atomic mass is 10.2. The molecule has 7 heteroatoms. The van der Waals surface area contributed by atoms with Crippen molar-refractivity contribution >= 4 is 45.9 Å². The van der Waals surface area contributed by atoms with Crippen molar-refractivity contribution in [2.45, 2.75) is 23.9 Å². The van der Waals surface area contributed by atoms with Gasteiger partial charge in [-0.2, -0.15) is 5.10 Å². The van der Waals surface area contributed by atoms with Crippen molar-refractivity contribution in [3.05, 3.63) is 64.8 Å². The number of fused-ring (bicyclic) bond motifs is 1. The molecular formula is C19H16ClN5S. The van der Waals surface area contributed by atoms with Crippen molar-refractivity contribution in [1.29, 1.82) is 0 Å². The molecule has 2 heterocycles. The van der Waals surface area contributed by atoms with Gasteiger partial charge < -0.3 is 5.32 Å². The number of hydrogen-bond acceptors (Lipinski definition) is 5. The van der Waals surface area contributed by atoms with Crippen LogP contribution in [0.15, 0.2) is 58.6 Å².